The van der Waals surface area contributed by atoms with Crippen molar-refractivity contribution in [2.24, 2.45) is 0 Å². The van der Waals surface area contributed by atoms with Gasteiger partial charge in [-0.3, -0.25) is 0 Å². The van der Waals surface area contributed by atoms with Crippen molar-refractivity contribution < 1.29 is 0 Å². The number of hydrogen-bond donors (Lipinski definition) is 0. The molecule has 0 radical (unpaired) electrons. The van der Waals surface area contributed by atoms with Crippen LogP contribution in [0.2, 0.25) is 0 Å². The maximum Gasteiger partial charge on any atom is 0.160 e. The molecule has 0 aliphatic rings. The summed E-state index contributed by atoms with van der Waals surface area (Å²) in [5.74, 6) is 1.38. The molecule has 6 nitrogen and oxygen atoms in total. The fourth-order valence-electron chi connectivity index (χ4n) is 15.3. The molecule has 0 saturated carbocycles. The van der Waals surface area contributed by atoms with Crippen molar-refractivity contribution in [3.05, 3.63) is 376 Å². The smallest absolute Gasteiger partial charge is 0.160 e. The molecule has 0 atom stereocenters. The molecular formula is C100H62N6S2. The highest BCUT2D eigenvalue weighted by molar-refractivity contribution is 7.27. The number of rotatable bonds is 11. The highest BCUT2D eigenvalue weighted by Gasteiger charge is 2.23. The lowest BCUT2D eigenvalue weighted by atomic mass is 9.95. The van der Waals surface area contributed by atoms with Crippen molar-refractivity contribution >= 4 is 106 Å². The molecule has 21 rings (SSSR count). The van der Waals surface area contributed by atoms with Gasteiger partial charge in [-0.05, 0) is 91.8 Å². The van der Waals surface area contributed by atoms with Crippen LogP contribution in [0, 0.1) is 0 Å². The number of nitrogens with zero attached hydrogens (tertiary/aromatic N) is 6. The van der Waals surface area contributed by atoms with Crippen LogP contribution in [0.1, 0.15) is 0 Å². The Bertz CT molecular complexity index is 6840. The van der Waals surface area contributed by atoms with E-state index in [2.05, 4.69) is 328 Å². The van der Waals surface area contributed by atoms with Gasteiger partial charge >= 0.3 is 0 Å². The lowest BCUT2D eigenvalue weighted by Gasteiger charge is -2.14. The maximum atomic E-state index is 5.63. The van der Waals surface area contributed by atoms with Gasteiger partial charge in [-0.2, -0.15) is 0 Å². The SMILES string of the molecule is c1ccc(-c2cc(-c3ccccc3)nc(-c3ccc4nc(-c5cccc6ccccc56)c5c6ccccc6sc5c4c3)n2)cc1.c1ccc(-c2ccc(-c3cc(-c4ccc(-c5cccc6c5nc(-c5cccc7ccccc57)c5c7ccccc7sc65)cc4)nc(-c4ccc(-c5ccccc5)cc4)n3)cc2)cc1. The third-order valence-electron chi connectivity index (χ3n) is 20.6. The Hall–Kier alpha value is -13.8. The van der Waals surface area contributed by atoms with Gasteiger partial charge in [0.2, 0.25) is 0 Å². The summed E-state index contributed by atoms with van der Waals surface area (Å²) in [6.45, 7) is 0. The van der Waals surface area contributed by atoms with Gasteiger partial charge in [-0.1, -0.05) is 334 Å². The van der Waals surface area contributed by atoms with Crippen molar-refractivity contribution in [2.75, 3.05) is 0 Å². The summed E-state index contributed by atoms with van der Waals surface area (Å²) in [5, 5.41) is 12.0. The molecule has 0 aliphatic heterocycles. The summed E-state index contributed by atoms with van der Waals surface area (Å²) in [6, 6.07) is 133. The lowest BCUT2D eigenvalue weighted by molar-refractivity contribution is 1.18. The van der Waals surface area contributed by atoms with Crippen LogP contribution in [-0.2, 0) is 0 Å². The van der Waals surface area contributed by atoms with Crippen molar-refractivity contribution in [2.45, 2.75) is 0 Å². The molecule has 0 aliphatic carbocycles. The molecule has 6 heterocycles. The summed E-state index contributed by atoms with van der Waals surface area (Å²) in [7, 11) is 0. The molecule has 21 aromatic rings. The zero-order chi connectivity index (χ0) is 71.4. The van der Waals surface area contributed by atoms with Gasteiger partial charge < -0.3 is 0 Å². The van der Waals surface area contributed by atoms with Gasteiger partial charge in [-0.15, -0.1) is 22.7 Å². The molecule has 0 N–H and O–H groups in total. The summed E-state index contributed by atoms with van der Waals surface area (Å²) in [5.41, 5.74) is 22.8. The normalized spacial score (nSPS) is 11.5. The molecule has 504 valence electrons. The van der Waals surface area contributed by atoms with Crippen LogP contribution in [0.4, 0.5) is 0 Å². The lowest BCUT2D eigenvalue weighted by Crippen LogP contribution is -1.96. The van der Waals surface area contributed by atoms with Crippen LogP contribution < -0.4 is 0 Å². The fourth-order valence-corrected chi connectivity index (χ4v) is 17.7. The predicted molar refractivity (Wildman–Crippen MR) is 455 cm³/mol. The first-order valence-corrected chi connectivity index (χ1v) is 37.9. The standard InChI is InChI=1S/C59H37N3S.C41H25N3S/c1-3-13-38(14-4-1)40-25-31-44(32-26-40)52-37-53(61-59(60-52)46-35-27-41(28-36-46)39-15-5-2-6-16-39)45-33-29-43(30-34-45)48-21-12-23-51-56(48)62-57(49-22-11-18-42-17-7-8-19-47(42)49)55-50-20-9-10-24-54(50)63-58(51)55;1-3-13-27(14-4-1)35-25-36(28-15-5-2-6-16-28)44-41(43-35)29-22-23-34-33(24-29)40-38(32-19-9-10-21-37(32)45-40)39(42-34)31-20-11-17-26-12-7-8-18-30(26)31/h1-37H;1-25H. The number of aromatic nitrogens is 6. The Morgan fingerprint density at radius 1 is 0.194 bits per heavy atom. The number of thiophene rings is 2. The molecular weight excluding hydrogens is 1350 g/mol. The molecule has 0 bridgehead atoms. The largest absolute Gasteiger partial charge is 0.247 e. The molecule has 0 unspecified atom stereocenters. The van der Waals surface area contributed by atoms with E-state index in [0.29, 0.717) is 11.6 Å². The number of pyridine rings is 2. The van der Waals surface area contributed by atoms with Crippen LogP contribution in [0.3, 0.4) is 0 Å². The van der Waals surface area contributed by atoms with E-state index >= 15 is 0 Å². The second kappa shape index (κ2) is 27.4. The molecule has 8 heteroatoms. The van der Waals surface area contributed by atoms with Crippen LogP contribution in [0.25, 0.3) is 207 Å². The molecule has 15 aromatic carbocycles. The Labute approximate surface area is 631 Å². The second-order valence-electron chi connectivity index (χ2n) is 27.1. The van der Waals surface area contributed by atoms with Gasteiger partial charge in [0, 0.05) is 101 Å². The summed E-state index contributed by atoms with van der Waals surface area (Å²) in [4.78, 5) is 31.6. The molecule has 0 fully saturated rings. The molecule has 0 amide bonds. The summed E-state index contributed by atoms with van der Waals surface area (Å²) in [6.07, 6.45) is 0. The highest BCUT2D eigenvalue weighted by atomic mass is 32.1. The Morgan fingerprint density at radius 2 is 0.528 bits per heavy atom. The second-order valence-corrected chi connectivity index (χ2v) is 29.2. The highest BCUT2D eigenvalue weighted by Crippen LogP contribution is 2.48. The van der Waals surface area contributed by atoms with Gasteiger partial charge in [0.15, 0.2) is 11.6 Å². The van der Waals surface area contributed by atoms with E-state index in [1.807, 2.05) is 71.2 Å². The Kier molecular flexibility index (Phi) is 16.2. The van der Waals surface area contributed by atoms with E-state index in [0.717, 1.165) is 112 Å². The van der Waals surface area contributed by atoms with Crippen LogP contribution in [0.5, 0.6) is 0 Å². The van der Waals surface area contributed by atoms with E-state index < -0.39 is 0 Å². The number of hydrogen-bond acceptors (Lipinski definition) is 8. The molecule has 0 saturated heterocycles. The zero-order valence-electron chi connectivity index (χ0n) is 58.3. The topological polar surface area (TPSA) is 77.3 Å². The third-order valence-corrected chi connectivity index (χ3v) is 23.0. The number of fused-ring (bicyclic) bond motifs is 12. The third kappa shape index (κ3) is 11.8. The average molecular weight is 1410 g/mol. The van der Waals surface area contributed by atoms with Crippen molar-refractivity contribution in [3.8, 4) is 124 Å². The minimum Gasteiger partial charge on any atom is -0.247 e. The van der Waals surface area contributed by atoms with Crippen LogP contribution in [0.15, 0.2) is 376 Å². The first kappa shape index (κ1) is 63.9. The number of benzene rings is 15. The van der Waals surface area contributed by atoms with Crippen LogP contribution >= 0.6 is 22.7 Å². The van der Waals surface area contributed by atoms with E-state index in [1.165, 1.54) is 84.0 Å². The van der Waals surface area contributed by atoms with Gasteiger partial charge in [0.25, 0.3) is 0 Å². The maximum absolute atomic E-state index is 5.63. The van der Waals surface area contributed by atoms with Gasteiger partial charge in [0.1, 0.15) is 0 Å². The summed E-state index contributed by atoms with van der Waals surface area (Å²) >= 11 is 3.68. The quantitative estimate of drug-likeness (QED) is 0.128. The molecule has 6 aromatic heterocycles. The first-order valence-electron chi connectivity index (χ1n) is 36.3. The van der Waals surface area contributed by atoms with Gasteiger partial charge in [-0.25, -0.2) is 29.9 Å². The molecule has 0 spiro atoms. The first-order chi connectivity index (χ1) is 53.5. The van der Waals surface area contributed by atoms with E-state index in [4.69, 9.17) is 29.9 Å². The Balaban J connectivity index is 0.000000150. The predicted octanol–water partition coefficient (Wildman–Crippen LogP) is 27.4. The zero-order valence-corrected chi connectivity index (χ0v) is 59.9. The minimum atomic E-state index is 0.685. The Morgan fingerprint density at radius 3 is 1.03 bits per heavy atom. The van der Waals surface area contributed by atoms with Gasteiger partial charge in [0.05, 0.1) is 45.2 Å². The number of para-hydroxylation sites is 1. The summed E-state index contributed by atoms with van der Waals surface area (Å²) < 4.78 is 5.01. The fraction of sp³-hybridized carbons (Fsp3) is 0. The minimum absolute atomic E-state index is 0.685. The monoisotopic (exact) mass is 1410 g/mol. The van der Waals surface area contributed by atoms with Crippen molar-refractivity contribution in [1.82, 2.24) is 29.9 Å². The van der Waals surface area contributed by atoms with E-state index in [1.54, 1.807) is 0 Å². The van der Waals surface area contributed by atoms with E-state index in [9.17, 15) is 0 Å². The van der Waals surface area contributed by atoms with Crippen LogP contribution in [-0.4, -0.2) is 29.9 Å². The molecule has 108 heavy (non-hydrogen) atoms. The average Bonchev–Trinajstić information content (AvgIpc) is 1.52. The van der Waals surface area contributed by atoms with Crippen molar-refractivity contribution in [3.63, 3.8) is 0 Å². The van der Waals surface area contributed by atoms with E-state index in [-0.39, 0.29) is 0 Å². The van der Waals surface area contributed by atoms with Crippen molar-refractivity contribution in [1.29, 1.82) is 0 Å².